The Morgan fingerprint density at radius 3 is 2.26 bits per heavy atom. The molecule has 1 saturated carbocycles. The van der Waals surface area contributed by atoms with Gasteiger partial charge in [-0.15, -0.1) is 0 Å². The summed E-state index contributed by atoms with van der Waals surface area (Å²) in [4.78, 5) is 0. The lowest BCUT2D eigenvalue weighted by atomic mass is 9.73. The van der Waals surface area contributed by atoms with Crippen LogP contribution in [0.1, 0.15) is 36.8 Å². The molecule has 2 N–H and O–H groups in total. The number of aryl methyl sites for hydroxylation is 1. The molecule has 0 radical (unpaired) electrons. The van der Waals surface area contributed by atoms with Crippen LogP contribution in [0.5, 0.6) is 0 Å². The molecule has 1 fully saturated rings. The number of halogens is 4. The van der Waals surface area contributed by atoms with Gasteiger partial charge in [0.25, 0.3) is 0 Å². The minimum absolute atomic E-state index is 0.0381. The Bertz CT molecular complexity index is 459. The molecule has 2 rings (SSSR count). The molecule has 0 aliphatic heterocycles. The van der Waals surface area contributed by atoms with Gasteiger partial charge < -0.3 is 5.73 Å². The van der Waals surface area contributed by atoms with Gasteiger partial charge in [-0.2, -0.15) is 13.2 Å². The van der Waals surface area contributed by atoms with E-state index < -0.39 is 17.6 Å². The number of hydrogen-bond donors (Lipinski definition) is 1. The largest absolute Gasteiger partial charge is 0.391 e. The Balaban J connectivity index is 2.15. The molecule has 1 nitrogen and oxygen atoms in total. The molecule has 0 spiro atoms. The maximum Gasteiger partial charge on any atom is 0.391 e. The molecule has 1 aromatic rings. The molecule has 0 saturated heterocycles. The monoisotopic (exact) mass is 275 g/mol. The van der Waals surface area contributed by atoms with Crippen molar-refractivity contribution < 1.29 is 17.6 Å². The molecular weight excluding hydrogens is 258 g/mol. The molecule has 0 bridgehead atoms. The maximum atomic E-state index is 13.2. The van der Waals surface area contributed by atoms with E-state index in [-0.39, 0.29) is 31.5 Å². The van der Waals surface area contributed by atoms with Crippen LogP contribution in [-0.4, -0.2) is 6.18 Å². The molecule has 0 aromatic heterocycles. The molecule has 1 aromatic carbocycles. The van der Waals surface area contributed by atoms with Gasteiger partial charge in [0.2, 0.25) is 0 Å². The average molecular weight is 275 g/mol. The summed E-state index contributed by atoms with van der Waals surface area (Å²) in [5, 5.41) is 0. The summed E-state index contributed by atoms with van der Waals surface area (Å²) in [5.74, 6) is -1.58. The summed E-state index contributed by atoms with van der Waals surface area (Å²) in [6.07, 6.45) is -3.50. The van der Waals surface area contributed by atoms with Crippen LogP contribution >= 0.6 is 0 Å². The Morgan fingerprint density at radius 1 is 1.21 bits per heavy atom. The molecule has 106 valence electrons. The summed E-state index contributed by atoms with van der Waals surface area (Å²) < 4.78 is 51.1. The predicted octanol–water partition coefficient (Wildman–Crippen LogP) is 4.04. The second-order valence-electron chi connectivity index (χ2n) is 5.44. The molecule has 0 atom stereocenters. The van der Waals surface area contributed by atoms with Crippen LogP contribution in [0, 0.1) is 18.7 Å². The Kier molecular flexibility index (Phi) is 3.60. The van der Waals surface area contributed by atoms with Gasteiger partial charge in [-0.1, -0.05) is 12.1 Å². The van der Waals surface area contributed by atoms with Crippen LogP contribution < -0.4 is 5.73 Å². The van der Waals surface area contributed by atoms with E-state index in [1.165, 1.54) is 6.07 Å². The van der Waals surface area contributed by atoms with Crippen molar-refractivity contribution >= 4 is 0 Å². The van der Waals surface area contributed by atoms with Crippen molar-refractivity contribution in [2.75, 3.05) is 0 Å². The minimum Gasteiger partial charge on any atom is -0.321 e. The quantitative estimate of drug-likeness (QED) is 0.769. The standard InChI is InChI=1S/C14H17F4N/c1-9-8-11(2-3-12(9)15)13(19)6-4-10(5-7-13)14(16,17)18/h2-3,8,10H,4-7,19H2,1H3. The van der Waals surface area contributed by atoms with Crippen molar-refractivity contribution in [3.05, 3.63) is 35.1 Å². The fourth-order valence-electron chi connectivity index (χ4n) is 2.70. The molecule has 0 unspecified atom stereocenters. The van der Waals surface area contributed by atoms with E-state index in [4.69, 9.17) is 5.73 Å². The fraction of sp³-hybridized carbons (Fsp3) is 0.571. The van der Waals surface area contributed by atoms with E-state index >= 15 is 0 Å². The van der Waals surface area contributed by atoms with Gasteiger partial charge in [-0.05, 0) is 49.8 Å². The third kappa shape index (κ3) is 2.91. The van der Waals surface area contributed by atoms with Gasteiger partial charge in [0, 0.05) is 5.54 Å². The van der Waals surface area contributed by atoms with Crippen LogP contribution in [0.25, 0.3) is 0 Å². The Labute approximate surface area is 109 Å². The highest BCUT2D eigenvalue weighted by Crippen LogP contribution is 2.44. The van der Waals surface area contributed by atoms with Gasteiger partial charge in [-0.25, -0.2) is 4.39 Å². The first-order valence-corrected chi connectivity index (χ1v) is 6.34. The van der Waals surface area contributed by atoms with E-state index in [9.17, 15) is 17.6 Å². The molecule has 5 heteroatoms. The molecule has 1 aliphatic rings. The first-order valence-electron chi connectivity index (χ1n) is 6.34. The number of rotatable bonds is 1. The number of hydrogen-bond acceptors (Lipinski definition) is 1. The first kappa shape index (κ1) is 14.3. The summed E-state index contributed by atoms with van der Waals surface area (Å²) in [6, 6.07) is 4.55. The predicted molar refractivity (Wildman–Crippen MR) is 65.0 cm³/mol. The van der Waals surface area contributed by atoms with Crippen molar-refractivity contribution in [3.63, 3.8) is 0 Å². The summed E-state index contributed by atoms with van der Waals surface area (Å²) >= 11 is 0. The van der Waals surface area contributed by atoms with Crippen LogP contribution in [0.2, 0.25) is 0 Å². The molecule has 1 aliphatic carbocycles. The summed E-state index contributed by atoms with van der Waals surface area (Å²) in [7, 11) is 0. The van der Waals surface area contributed by atoms with E-state index in [0.29, 0.717) is 5.56 Å². The van der Waals surface area contributed by atoms with E-state index in [0.717, 1.165) is 5.56 Å². The van der Waals surface area contributed by atoms with Crippen molar-refractivity contribution in [1.82, 2.24) is 0 Å². The minimum atomic E-state index is -4.14. The van der Waals surface area contributed by atoms with Crippen LogP contribution in [0.15, 0.2) is 18.2 Å². The lowest BCUT2D eigenvalue weighted by molar-refractivity contribution is -0.184. The average Bonchev–Trinajstić information content (AvgIpc) is 2.32. The van der Waals surface area contributed by atoms with Gasteiger partial charge in [0.15, 0.2) is 0 Å². The highest BCUT2D eigenvalue weighted by Gasteiger charge is 2.45. The van der Waals surface area contributed by atoms with E-state index in [1.54, 1.807) is 19.1 Å². The second kappa shape index (κ2) is 4.78. The van der Waals surface area contributed by atoms with E-state index in [1.807, 2.05) is 0 Å². The lowest BCUT2D eigenvalue weighted by Crippen LogP contribution is -2.43. The highest BCUT2D eigenvalue weighted by atomic mass is 19.4. The summed E-state index contributed by atoms with van der Waals surface area (Å²) in [5.41, 5.74) is 6.65. The zero-order valence-corrected chi connectivity index (χ0v) is 10.7. The number of benzene rings is 1. The van der Waals surface area contributed by atoms with Crippen molar-refractivity contribution in [1.29, 1.82) is 0 Å². The molecular formula is C14H17F4N. The third-order valence-corrected chi connectivity index (χ3v) is 4.07. The Morgan fingerprint density at radius 2 is 1.79 bits per heavy atom. The Hall–Kier alpha value is -1.10. The smallest absolute Gasteiger partial charge is 0.321 e. The van der Waals surface area contributed by atoms with Crippen LogP contribution in [-0.2, 0) is 5.54 Å². The SMILES string of the molecule is Cc1cc(C2(N)CCC(C(F)(F)F)CC2)ccc1F. The lowest BCUT2D eigenvalue weighted by Gasteiger charge is -2.38. The van der Waals surface area contributed by atoms with Gasteiger partial charge in [0.1, 0.15) is 5.82 Å². The van der Waals surface area contributed by atoms with Crippen molar-refractivity contribution in [2.24, 2.45) is 11.7 Å². The zero-order chi connectivity index (χ0) is 14.3. The van der Waals surface area contributed by atoms with Gasteiger partial charge >= 0.3 is 6.18 Å². The second-order valence-corrected chi connectivity index (χ2v) is 5.44. The van der Waals surface area contributed by atoms with E-state index in [2.05, 4.69) is 0 Å². The summed E-state index contributed by atoms with van der Waals surface area (Å²) in [6.45, 7) is 1.63. The molecule has 19 heavy (non-hydrogen) atoms. The highest BCUT2D eigenvalue weighted by molar-refractivity contribution is 5.30. The number of nitrogens with two attached hydrogens (primary N) is 1. The van der Waals surface area contributed by atoms with Crippen LogP contribution in [0.3, 0.4) is 0 Å². The first-order chi connectivity index (χ1) is 8.72. The molecule has 0 heterocycles. The fourth-order valence-corrected chi connectivity index (χ4v) is 2.70. The van der Waals surface area contributed by atoms with Crippen molar-refractivity contribution in [3.8, 4) is 0 Å². The van der Waals surface area contributed by atoms with Gasteiger partial charge in [0.05, 0.1) is 5.92 Å². The third-order valence-electron chi connectivity index (χ3n) is 4.07. The maximum absolute atomic E-state index is 13.2. The normalized spacial score (nSPS) is 28.4. The number of alkyl halides is 3. The van der Waals surface area contributed by atoms with Gasteiger partial charge in [-0.3, -0.25) is 0 Å². The zero-order valence-electron chi connectivity index (χ0n) is 10.7. The van der Waals surface area contributed by atoms with Crippen LogP contribution in [0.4, 0.5) is 17.6 Å². The molecule has 0 amide bonds. The van der Waals surface area contributed by atoms with Crippen molar-refractivity contribution in [2.45, 2.75) is 44.3 Å². The topological polar surface area (TPSA) is 26.0 Å².